The van der Waals surface area contributed by atoms with E-state index in [0.717, 1.165) is 17.7 Å². The Bertz CT molecular complexity index is 1310. The van der Waals surface area contributed by atoms with Gasteiger partial charge in [0.25, 0.3) is 5.91 Å². The van der Waals surface area contributed by atoms with Crippen molar-refractivity contribution in [3.63, 3.8) is 0 Å². The summed E-state index contributed by atoms with van der Waals surface area (Å²) in [5.41, 5.74) is 0.887. The van der Waals surface area contributed by atoms with E-state index in [0.29, 0.717) is 17.3 Å². The van der Waals surface area contributed by atoms with Crippen LogP contribution in [0.4, 0.5) is 18.9 Å². The normalized spacial score (nSPS) is 11.5. The van der Waals surface area contributed by atoms with E-state index < -0.39 is 28.5 Å². The second kappa shape index (κ2) is 12.0. The van der Waals surface area contributed by atoms with Crippen LogP contribution >= 0.6 is 23.2 Å². The molecule has 3 aromatic rings. The fraction of sp³-hybridized carbons (Fsp3) is 0.259. The number of halogens is 5. The molecule has 0 atom stereocenters. The molecule has 1 N–H and O–H groups in total. The maximum atomic E-state index is 13.2. The molecule has 0 heterocycles. The summed E-state index contributed by atoms with van der Waals surface area (Å²) in [6.45, 7) is 2.62. The lowest BCUT2D eigenvalue weighted by Gasteiger charge is -2.16. The van der Waals surface area contributed by atoms with Crippen LogP contribution in [0.1, 0.15) is 37.4 Å². The standard InChI is InChI=1S/C27H25Cl2F3N2O3/c1-16-12-19(6-9-22(16)28)33-26(36)20-7-5-18(15-25(20)37-11-10-34(2)3)24(35)14-17-4-8-23(29)21(13-17)27(30,31)32/h4-9,12-13,15H,10-11,14H2,1-3H3,(H,33,36). The molecule has 0 fully saturated rings. The zero-order valence-corrected chi connectivity index (χ0v) is 21.9. The molecular formula is C27H25Cl2F3N2O3. The number of ketones is 1. The molecule has 0 aliphatic heterocycles. The van der Waals surface area contributed by atoms with E-state index in [9.17, 15) is 22.8 Å². The number of carbonyl (C=O) groups excluding carboxylic acids is 2. The van der Waals surface area contributed by atoms with E-state index in [4.69, 9.17) is 27.9 Å². The van der Waals surface area contributed by atoms with Gasteiger partial charge in [-0.1, -0.05) is 35.3 Å². The van der Waals surface area contributed by atoms with Crippen LogP contribution in [0.2, 0.25) is 10.0 Å². The van der Waals surface area contributed by atoms with E-state index in [1.807, 2.05) is 25.9 Å². The number of hydrogen-bond acceptors (Lipinski definition) is 4. The summed E-state index contributed by atoms with van der Waals surface area (Å²) in [5.74, 6) is -0.704. The van der Waals surface area contributed by atoms with Gasteiger partial charge >= 0.3 is 6.18 Å². The molecule has 0 unspecified atom stereocenters. The largest absolute Gasteiger partial charge is 0.491 e. The van der Waals surface area contributed by atoms with Crippen LogP contribution in [-0.4, -0.2) is 43.8 Å². The van der Waals surface area contributed by atoms with Gasteiger partial charge < -0.3 is 15.0 Å². The van der Waals surface area contributed by atoms with E-state index in [-0.39, 0.29) is 35.5 Å². The average Bonchev–Trinajstić information content (AvgIpc) is 2.81. The van der Waals surface area contributed by atoms with Crippen molar-refractivity contribution >= 4 is 40.6 Å². The van der Waals surface area contributed by atoms with Gasteiger partial charge in [0, 0.05) is 29.2 Å². The topological polar surface area (TPSA) is 58.6 Å². The monoisotopic (exact) mass is 552 g/mol. The molecular weight excluding hydrogens is 528 g/mol. The Kier molecular flexibility index (Phi) is 9.23. The molecule has 5 nitrogen and oxygen atoms in total. The molecule has 0 radical (unpaired) electrons. The molecule has 0 aliphatic carbocycles. The van der Waals surface area contributed by atoms with Crippen molar-refractivity contribution < 1.29 is 27.5 Å². The molecule has 3 aromatic carbocycles. The third kappa shape index (κ3) is 7.71. The van der Waals surface area contributed by atoms with Crippen LogP contribution in [0.15, 0.2) is 54.6 Å². The SMILES string of the molecule is Cc1cc(NC(=O)c2ccc(C(=O)Cc3ccc(Cl)c(C(F)(F)F)c3)cc2OCCN(C)C)ccc1Cl. The fourth-order valence-corrected chi connectivity index (χ4v) is 3.79. The van der Waals surface area contributed by atoms with Crippen LogP contribution in [0.3, 0.4) is 0 Å². The third-order valence-corrected chi connectivity index (χ3v) is 6.21. The molecule has 0 saturated heterocycles. The van der Waals surface area contributed by atoms with E-state index in [2.05, 4.69) is 5.32 Å². The number of nitrogens with one attached hydrogen (secondary N) is 1. The summed E-state index contributed by atoms with van der Waals surface area (Å²) in [4.78, 5) is 27.9. The van der Waals surface area contributed by atoms with Gasteiger partial charge in [0.2, 0.25) is 0 Å². The highest BCUT2D eigenvalue weighted by Gasteiger charge is 2.33. The lowest BCUT2D eigenvalue weighted by Crippen LogP contribution is -2.21. The molecule has 196 valence electrons. The number of nitrogens with zero attached hydrogens (tertiary/aromatic N) is 1. The molecule has 0 bridgehead atoms. The van der Waals surface area contributed by atoms with Gasteiger partial charge in [0.05, 0.1) is 16.1 Å². The zero-order valence-electron chi connectivity index (χ0n) is 20.4. The number of aryl methyl sites for hydroxylation is 1. The zero-order chi connectivity index (χ0) is 27.3. The molecule has 0 saturated carbocycles. The van der Waals surface area contributed by atoms with Crippen molar-refractivity contribution in [2.45, 2.75) is 19.5 Å². The second-order valence-electron chi connectivity index (χ2n) is 8.69. The number of likely N-dealkylation sites (N-methyl/N-ethyl adjacent to an activating group) is 1. The Hall–Kier alpha value is -3.07. The summed E-state index contributed by atoms with van der Waals surface area (Å²) in [5, 5.41) is 2.92. The van der Waals surface area contributed by atoms with E-state index in [1.54, 1.807) is 18.2 Å². The highest BCUT2D eigenvalue weighted by Crippen LogP contribution is 2.35. The van der Waals surface area contributed by atoms with Gasteiger partial charge in [-0.25, -0.2) is 0 Å². The first-order chi connectivity index (χ1) is 17.3. The maximum Gasteiger partial charge on any atom is 0.417 e. The van der Waals surface area contributed by atoms with Crippen molar-refractivity contribution in [3.8, 4) is 5.75 Å². The van der Waals surface area contributed by atoms with Gasteiger partial charge in [-0.05, 0) is 74.6 Å². The average molecular weight is 553 g/mol. The first kappa shape index (κ1) is 28.5. The predicted molar refractivity (Wildman–Crippen MR) is 139 cm³/mol. The summed E-state index contributed by atoms with van der Waals surface area (Å²) < 4.78 is 45.4. The Labute approximate surface area is 223 Å². The number of Topliss-reactive ketones (excluding diaryl/α,β-unsaturated/α-hetero) is 1. The van der Waals surface area contributed by atoms with Gasteiger partial charge in [-0.2, -0.15) is 13.2 Å². The summed E-state index contributed by atoms with van der Waals surface area (Å²) in [6.07, 6.45) is -4.92. The molecule has 0 aliphatic rings. The van der Waals surface area contributed by atoms with Crippen molar-refractivity contribution in [3.05, 3.63) is 92.5 Å². The highest BCUT2D eigenvalue weighted by atomic mass is 35.5. The summed E-state index contributed by atoms with van der Waals surface area (Å²) in [7, 11) is 3.72. The first-order valence-electron chi connectivity index (χ1n) is 11.2. The number of alkyl halides is 3. The molecule has 0 spiro atoms. The van der Waals surface area contributed by atoms with Gasteiger partial charge in [-0.3, -0.25) is 9.59 Å². The van der Waals surface area contributed by atoms with Crippen LogP contribution in [0.25, 0.3) is 0 Å². The van der Waals surface area contributed by atoms with Crippen molar-refractivity contribution in [2.24, 2.45) is 0 Å². The van der Waals surface area contributed by atoms with Crippen molar-refractivity contribution in [2.75, 3.05) is 32.6 Å². The third-order valence-electron chi connectivity index (χ3n) is 5.46. The Morgan fingerprint density at radius 1 is 0.973 bits per heavy atom. The number of ether oxygens (including phenoxy) is 1. The number of hydrogen-bond donors (Lipinski definition) is 1. The smallest absolute Gasteiger partial charge is 0.417 e. The van der Waals surface area contributed by atoms with Crippen molar-refractivity contribution in [1.29, 1.82) is 0 Å². The Balaban J connectivity index is 1.87. The maximum absolute atomic E-state index is 13.2. The minimum absolute atomic E-state index is 0.164. The quantitative estimate of drug-likeness (QED) is 0.292. The van der Waals surface area contributed by atoms with Crippen LogP contribution < -0.4 is 10.1 Å². The van der Waals surface area contributed by atoms with Crippen molar-refractivity contribution in [1.82, 2.24) is 4.90 Å². The van der Waals surface area contributed by atoms with Gasteiger partial charge in [-0.15, -0.1) is 0 Å². The van der Waals surface area contributed by atoms with Gasteiger partial charge in [0.1, 0.15) is 12.4 Å². The molecule has 10 heteroatoms. The molecule has 1 amide bonds. The summed E-state index contributed by atoms with van der Waals surface area (Å²) >= 11 is 11.7. The molecule has 0 aromatic heterocycles. The number of carbonyl (C=O) groups is 2. The van der Waals surface area contributed by atoms with Crippen LogP contribution in [-0.2, 0) is 12.6 Å². The molecule has 3 rings (SSSR count). The fourth-order valence-electron chi connectivity index (χ4n) is 3.45. The second-order valence-corrected chi connectivity index (χ2v) is 9.51. The lowest BCUT2D eigenvalue weighted by molar-refractivity contribution is -0.137. The number of amides is 1. The van der Waals surface area contributed by atoms with Crippen LogP contribution in [0.5, 0.6) is 5.75 Å². The Morgan fingerprint density at radius 2 is 1.68 bits per heavy atom. The van der Waals surface area contributed by atoms with Crippen LogP contribution in [0, 0.1) is 6.92 Å². The summed E-state index contributed by atoms with van der Waals surface area (Å²) in [6, 6.07) is 12.8. The Morgan fingerprint density at radius 3 is 2.32 bits per heavy atom. The van der Waals surface area contributed by atoms with E-state index in [1.165, 1.54) is 24.3 Å². The first-order valence-corrected chi connectivity index (χ1v) is 12.0. The lowest BCUT2D eigenvalue weighted by atomic mass is 9.99. The number of benzene rings is 3. The minimum atomic E-state index is -4.64. The predicted octanol–water partition coefficient (Wildman–Crippen LogP) is 6.94. The van der Waals surface area contributed by atoms with Gasteiger partial charge in [0.15, 0.2) is 5.78 Å². The molecule has 37 heavy (non-hydrogen) atoms. The minimum Gasteiger partial charge on any atom is -0.491 e. The van der Waals surface area contributed by atoms with E-state index >= 15 is 0 Å². The highest BCUT2D eigenvalue weighted by molar-refractivity contribution is 6.31. The number of anilines is 1. The number of rotatable bonds is 9.